The summed E-state index contributed by atoms with van der Waals surface area (Å²) in [6.07, 6.45) is 1.42. The minimum absolute atomic E-state index is 0.328. The van der Waals surface area contributed by atoms with Gasteiger partial charge in [0, 0.05) is 0 Å². The lowest BCUT2D eigenvalue weighted by atomic mass is 9.82. The standard InChI is InChI=1S/C15H19NO4/c1-9(17)13(15(19)20)16-14(18)12-8-4-6-10-5-2-3-7-11(10)12/h2-3,5,7,9,12-13,17H,4,6,8H2,1H3,(H,16,18)(H,19,20). The number of carboxylic acids is 1. The van der Waals surface area contributed by atoms with Crippen molar-refractivity contribution in [3.05, 3.63) is 35.4 Å². The summed E-state index contributed by atoms with van der Waals surface area (Å²) in [4.78, 5) is 23.3. The molecule has 1 aromatic rings. The SMILES string of the molecule is CC(O)C(NC(=O)C1CCCc2ccccc21)C(=O)O. The molecule has 1 amide bonds. The van der Waals surface area contributed by atoms with Crippen molar-refractivity contribution in [2.24, 2.45) is 0 Å². The van der Waals surface area contributed by atoms with Gasteiger partial charge in [-0.3, -0.25) is 4.79 Å². The number of aryl methyl sites for hydroxylation is 1. The molecule has 108 valence electrons. The number of aliphatic hydroxyl groups is 1. The van der Waals surface area contributed by atoms with E-state index in [1.807, 2.05) is 24.3 Å². The van der Waals surface area contributed by atoms with Gasteiger partial charge in [0.05, 0.1) is 12.0 Å². The van der Waals surface area contributed by atoms with Gasteiger partial charge in [0.15, 0.2) is 6.04 Å². The lowest BCUT2D eigenvalue weighted by Gasteiger charge is -2.26. The van der Waals surface area contributed by atoms with Crippen LogP contribution < -0.4 is 5.32 Å². The zero-order valence-corrected chi connectivity index (χ0v) is 11.4. The van der Waals surface area contributed by atoms with Crippen molar-refractivity contribution in [2.45, 2.75) is 44.2 Å². The highest BCUT2D eigenvalue weighted by molar-refractivity contribution is 5.88. The Morgan fingerprint density at radius 2 is 2.05 bits per heavy atom. The first-order valence-electron chi connectivity index (χ1n) is 6.79. The van der Waals surface area contributed by atoms with Gasteiger partial charge in [-0.25, -0.2) is 4.79 Å². The number of benzene rings is 1. The molecule has 5 nitrogen and oxygen atoms in total. The van der Waals surface area contributed by atoms with Gasteiger partial charge in [0.25, 0.3) is 0 Å². The van der Waals surface area contributed by atoms with E-state index in [2.05, 4.69) is 5.32 Å². The van der Waals surface area contributed by atoms with Crippen LogP contribution in [0, 0.1) is 0 Å². The molecule has 20 heavy (non-hydrogen) atoms. The predicted molar refractivity (Wildman–Crippen MR) is 73.4 cm³/mol. The number of aliphatic carboxylic acids is 1. The lowest BCUT2D eigenvalue weighted by molar-refractivity contribution is -0.145. The molecule has 1 aromatic carbocycles. The summed E-state index contributed by atoms with van der Waals surface area (Å²) in [6, 6.07) is 6.47. The Balaban J connectivity index is 2.16. The van der Waals surface area contributed by atoms with Crippen molar-refractivity contribution in [1.29, 1.82) is 0 Å². The van der Waals surface area contributed by atoms with Crippen molar-refractivity contribution in [3.63, 3.8) is 0 Å². The van der Waals surface area contributed by atoms with Crippen molar-refractivity contribution in [3.8, 4) is 0 Å². The highest BCUT2D eigenvalue weighted by atomic mass is 16.4. The van der Waals surface area contributed by atoms with Gasteiger partial charge in [0.2, 0.25) is 5.91 Å². The monoisotopic (exact) mass is 277 g/mol. The summed E-state index contributed by atoms with van der Waals surface area (Å²) < 4.78 is 0. The third kappa shape index (κ3) is 2.99. The molecule has 0 radical (unpaired) electrons. The zero-order chi connectivity index (χ0) is 14.7. The first-order chi connectivity index (χ1) is 9.50. The molecule has 0 fully saturated rings. The van der Waals surface area contributed by atoms with E-state index in [1.165, 1.54) is 6.92 Å². The number of carbonyl (C=O) groups excluding carboxylic acids is 1. The van der Waals surface area contributed by atoms with Crippen molar-refractivity contribution in [1.82, 2.24) is 5.32 Å². The molecule has 0 aliphatic heterocycles. The molecular formula is C15H19NO4. The maximum atomic E-state index is 12.3. The molecule has 0 saturated heterocycles. The Labute approximate surface area is 117 Å². The van der Waals surface area contributed by atoms with Crippen LogP contribution in [0.15, 0.2) is 24.3 Å². The second-order valence-electron chi connectivity index (χ2n) is 5.21. The zero-order valence-electron chi connectivity index (χ0n) is 11.4. The second kappa shape index (κ2) is 6.05. The highest BCUT2D eigenvalue weighted by Crippen LogP contribution is 2.31. The van der Waals surface area contributed by atoms with Crippen LogP contribution in [0.5, 0.6) is 0 Å². The van der Waals surface area contributed by atoms with E-state index >= 15 is 0 Å². The van der Waals surface area contributed by atoms with Gasteiger partial charge < -0.3 is 15.5 Å². The molecule has 1 aliphatic carbocycles. The number of aliphatic hydroxyl groups excluding tert-OH is 1. The minimum Gasteiger partial charge on any atom is -0.480 e. The van der Waals surface area contributed by atoms with Gasteiger partial charge in [-0.15, -0.1) is 0 Å². The number of carboxylic acid groups (broad SMARTS) is 1. The van der Waals surface area contributed by atoms with Crippen LogP contribution >= 0.6 is 0 Å². The second-order valence-corrected chi connectivity index (χ2v) is 5.21. The van der Waals surface area contributed by atoms with Crippen LogP contribution in [0.1, 0.15) is 36.8 Å². The molecule has 3 N–H and O–H groups in total. The van der Waals surface area contributed by atoms with Crippen LogP contribution in [0.4, 0.5) is 0 Å². The number of hydrogen-bond acceptors (Lipinski definition) is 3. The van der Waals surface area contributed by atoms with Gasteiger partial charge >= 0.3 is 5.97 Å². The van der Waals surface area contributed by atoms with Gasteiger partial charge in [0.1, 0.15) is 0 Å². The van der Waals surface area contributed by atoms with E-state index in [0.717, 1.165) is 24.0 Å². The largest absolute Gasteiger partial charge is 0.480 e. The Morgan fingerprint density at radius 3 is 2.70 bits per heavy atom. The third-order valence-corrected chi connectivity index (χ3v) is 3.73. The predicted octanol–water partition coefficient (Wildman–Crippen LogP) is 1.06. The number of rotatable bonds is 4. The van der Waals surface area contributed by atoms with Crippen molar-refractivity contribution < 1.29 is 19.8 Å². The Bertz CT molecular complexity index is 512. The normalized spacial score (nSPS) is 20.6. The molecule has 0 aromatic heterocycles. The van der Waals surface area contributed by atoms with Gasteiger partial charge in [-0.1, -0.05) is 24.3 Å². The molecule has 5 heteroatoms. The van der Waals surface area contributed by atoms with Crippen LogP contribution in [0.3, 0.4) is 0 Å². The molecular weight excluding hydrogens is 258 g/mol. The van der Waals surface area contributed by atoms with Crippen LogP contribution in [-0.4, -0.2) is 34.2 Å². The maximum absolute atomic E-state index is 12.3. The van der Waals surface area contributed by atoms with E-state index < -0.39 is 18.1 Å². The van der Waals surface area contributed by atoms with Crippen molar-refractivity contribution in [2.75, 3.05) is 0 Å². The summed E-state index contributed by atoms with van der Waals surface area (Å²) >= 11 is 0. The summed E-state index contributed by atoms with van der Waals surface area (Å²) in [5, 5.41) is 20.9. The Hall–Kier alpha value is -1.88. The number of nitrogens with one attached hydrogen (secondary N) is 1. The molecule has 1 aliphatic rings. The van der Waals surface area contributed by atoms with E-state index in [4.69, 9.17) is 5.11 Å². The van der Waals surface area contributed by atoms with E-state index in [-0.39, 0.29) is 11.8 Å². The van der Waals surface area contributed by atoms with Crippen molar-refractivity contribution >= 4 is 11.9 Å². The molecule has 3 unspecified atom stereocenters. The number of carbonyl (C=O) groups is 2. The number of amides is 1. The van der Waals surface area contributed by atoms with Crippen LogP contribution in [-0.2, 0) is 16.0 Å². The fourth-order valence-corrected chi connectivity index (χ4v) is 2.67. The third-order valence-electron chi connectivity index (χ3n) is 3.73. The Morgan fingerprint density at radius 1 is 1.35 bits per heavy atom. The molecule has 0 bridgehead atoms. The number of fused-ring (bicyclic) bond motifs is 1. The molecule has 0 spiro atoms. The van der Waals surface area contributed by atoms with E-state index in [1.54, 1.807) is 0 Å². The first-order valence-corrected chi connectivity index (χ1v) is 6.79. The van der Waals surface area contributed by atoms with E-state index in [0.29, 0.717) is 6.42 Å². The molecule has 0 saturated carbocycles. The van der Waals surface area contributed by atoms with Crippen LogP contribution in [0.2, 0.25) is 0 Å². The minimum atomic E-state index is -1.27. The summed E-state index contributed by atoms with van der Waals surface area (Å²) in [6.45, 7) is 1.36. The smallest absolute Gasteiger partial charge is 0.328 e. The highest BCUT2D eigenvalue weighted by Gasteiger charge is 2.31. The fraction of sp³-hybridized carbons (Fsp3) is 0.467. The quantitative estimate of drug-likeness (QED) is 0.768. The summed E-state index contributed by atoms with van der Waals surface area (Å²) in [5.74, 6) is -1.89. The first kappa shape index (κ1) is 14.5. The average Bonchev–Trinajstić information content (AvgIpc) is 2.43. The summed E-state index contributed by atoms with van der Waals surface area (Å²) in [5.41, 5.74) is 2.11. The Kier molecular flexibility index (Phi) is 4.39. The summed E-state index contributed by atoms with van der Waals surface area (Å²) in [7, 11) is 0. The fourth-order valence-electron chi connectivity index (χ4n) is 2.67. The lowest BCUT2D eigenvalue weighted by Crippen LogP contribution is -2.49. The van der Waals surface area contributed by atoms with Crippen LogP contribution in [0.25, 0.3) is 0 Å². The maximum Gasteiger partial charge on any atom is 0.328 e. The molecule has 0 heterocycles. The average molecular weight is 277 g/mol. The number of hydrogen-bond donors (Lipinski definition) is 3. The van der Waals surface area contributed by atoms with Gasteiger partial charge in [-0.2, -0.15) is 0 Å². The molecule has 3 atom stereocenters. The van der Waals surface area contributed by atoms with Gasteiger partial charge in [-0.05, 0) is 37.3 Å². The van der Waals surface area contributed by atoms with E-state index in [9.17, 15) is 14.7 Å². The molecule has 2 rings (SSSR count). The topological polar surface area (TPSA) is 86.6 Å².